The summed E-state index contributed by atoms with van der Waals surface area (Å²) in [6, 6.07) is 9.78. The fraction of sp³-hybridized carbons (Fsp3) is 0.500. The Kier molecular flexibility index (Phi) is 3.92. The molecule has 1 aliphatic heterocycles. The zero-order valence-electron chi connectivity index (χ0n) is 8.82. The standard InChI is InChI=1S/C12H17NOS/c14-15(12-4-2-1-3-5-12)10-11-6-8-13-9-7-11/h1-5,11,13H,6-10H2. The van der Waals surface area contributed by atoms with Crippen LogP contribution in [-0.2, 0) is 10.8 Å². The van der Waals surface area contributed by atoms with Crippen LogP contribution in [0.4, 0.5) is 0 Å². The highest BCUT2D eigenvalue weighted by Crippen LogP contribution is 2.16. The maximum atomic E-state index is 12.0. The highest BCUT2D eigenvalue weighted by atomic mass is 32.2. The van der Waals surface area contributed by atoms with Gasteiger partial charge in [-0.3, -0.25) is 4.21 Å². The summed E-state index contributed by atoms with van der Waals surface area (Å²) in [6.07, 6.45) is 2.33. The number of nitrogens with one attached hydrogen (secondary N) is 1. The first-order chi connectivity index (χ1) is 7.36. The highest BCUT2D eigenvalue weighted by molar-refractivity contribution is 7.85. The Morgan fingerprint density at radius 1 is 1.20 bits per heavy atom. The van der Waals surface area contributed by atoms with Gasteiger partial charge < -0.3 is 5.32 Å². The van der Waals surface area contributed by atoms with Crippen molar-refractivity contribution in [3.05, 3.63) is 30.3 Å². The molecule has 1 heterocycles. The van der Waals surface area contributed by atoms with Gasteiger partial charge in [0.2, 0.25) is 0 Å². The topological polar surface area (TPSA) is 29.1 Å². The van der Waals surface area contributed by atoms with Gasteiger partial charge in [0, 0.05) is 10.6 Å². The molecule has 1 atom stereocenters. The van der Waals surface area contributed by atoms with E-state index >= 15 is 0 Å². The molecular weight excluding hydrogens is 206 g/mol. The van der Waals surface area contributed by atoms with E-state index in [0.717, 1.165) is 23.7 Å². The van der Waals surface area contributed by atoms with Crippen molar-refractivity contribution in [3.63, 3.8) is 0 Å². The monoisotopic (exact) mass is 223 g/mol. The molecule has 1 aromatic carbocycles. The van der Waals surface area contributed by atoms with Crippen LogP contribution in [0, 0.1) is 5.92 Å². The summed E-state index contributed by atoms with van der Waals surface area (Å²) in [7, 11) is -0.809. The molecule has 0 spiro atoms. The van der Waals surface area contributed by atoms with Gasteiger partial charge >= 0.3 is 0 Å². The molecule has 1 N–H and O–H groups in total. The van der Waals surface area contributed by atoms with E-state index in [9.17, 15) is 4.21 Å². The minimum absolute atomic E-state index is 0.632. The Labute approximate surface area is 93.5 Å². The molecule has 15 heavy (non-hydrogen) atoms. The van der Waals surface area contributed by atoms with Crippen LogP contribution >= 0.6 is 0 Å². The van der Waals surface area contributed by atoms with E-state index in [-0.39, 0.29) is 0 Å². The van der Waals surface area contributed by atoms with E-state index < -0.39 is 10.8 Å². The fourth-order valence-electron chi connectivity index (χ4n) is 1.93. The van der Waals surface area contributed by atoms with Crippen molar-refractivity contribution in [2.75, 3.05) is 18.8 Å². The average Bonchev–Trinajstić information content (AvgIpc) is 2.31. The highest BCUT2D eigenvalue weighted by Gasteiger charge is 2.16. The molecule has 1 aliphatic rings. The third-order valence-electron chi connectivity index (χ3n) is 2.85. The van der Waals surface area contributed by atoms with E-state index in [0.29, 0.717) is 5.92 Å². The third-order valence-corrected chi connectivity index (χ3v) is 4.42. The fourth-order valence-corrected chi connectivity index (χ4v) is 3.35. The first-order valence-corrected chi connectivity index (χ1v) is 6.82. The quantitative estimate of drug-likeness (QED) is 0.846. The van der Waals surface area contributed by atoms with Crippen LogP contribution in [0.5, 0.6) is 0 Å². The molecule has 82 valence electrons. The lowest BCUT2D eigenvalue weighted by molar-refractivity contribution is 0.405. The number of hydrogen-bond donors (Lipinski definition) is 1. The second-order valence-electron chi connectivity index (χ2n) is 4.02. The second kappa shape index (κ2) is 5.42. The van der Waals surface area contributed by atoms with Crippen molar-refractivity contribution < 1.29 is 4.21 Å². The Bertz CT molecular complexity index is 320. The predicted molar refractivity (Wildman–Crippen MR) is 63.3 cm³/mol. The van der Waals surface area contributed by atoms with E-state index in [2.05, 4.69) is 5.32 Å². The summed E-state index contributed by atoms with van der Waals surface area (Å²) in [5.74, 6) is 1.46. The third kappa shape index (κ3) is 3.14. The van der Waals surface area contributed by atoms with Crippen LogP contribution in [0.3, 0.4) is 0 Å². The SMILES string of the molecule is O=S(CC1CCNCC1)c1ccccc1. The summed E-state index contributed by atoms with van der Waals surface area (Å²) in [4.78, 5) is 0.969. The van der Waals surface area contributed by atoms with E-state index in [4.69, 9.17) is 0 Å². The lowest BCUT2D eigenvalue weighted by atomic mass is 10.0. The Morgan fingerprint density at radius 3 is 2.53 bits per heavy atom. The molecule has 0 aromatic heterocycles. The van der Waals surface area contributed by atoms with Gasteiger partial charge in [-0.2, -0.15) is 0 Å². The zero-order valence-corrected chi connectivity index (χ0v) is 9.63. The Hall–Kier alpha value is -0.670. The van der Waals surface area contributed by atoms with Crippen LogP contribution in [0.15, 0.2) is 35.2 Å². The molecule has 0 radical (unpaired) electrons. The molecule has 0 bridgehead atoms. The van der Waals surface area contributed by atoms with Gasteiger partial charge in [-0.15, -0.1) is 0 Å². The molecule has 1 fully saturated rings. The molecule has 2 rings (SSSR count). The second-order valence-corrected chi connectivity index (χ2v) is 5.51. The van der Waals surface area contributed by atoms with Gasteiger partial charge in [0.15, 0.2) is 0 Å². The van der Waals surface area contributed by atoms with Crippen LogP contribution < -0.4 is 5.32 Å². The minimum atomic E-state index is -0.809. The maximum Gasteiger partial charge on any atom is 0.0532 e. The molecule has 0 aliphatic carbocycles. The molecule has 0 saturated carbocycles. The van der Waals surface area contributed by atoms with Crippen molar-refractivity contribution in [2.24, 2.45) is 5.92 Å². The lowest BCUT2D eigenvalue weighted by Crippen LogP contribution is -2.30. The van der Waals surface area contributed by atoms with E-state index in [1.54, 1.807) is 0 Å². The Balaban J connectivity index is 1.91. The van der Waals surface area contributed by atoms with Gasteiger partial charge in [-0.25, -0.2) is 0 Å². The smallest absolute Gasteiger partial charge is 0.0532 e. The largest absolute Gasteiger partial charge is 0.317 e. The summed E-state index contributed by atoms with van der Waals surface area (Å²) in [6.45, 7) is 2.16. The van der Waals surface area contributed by atoms with Crippen molar-refractivity contribution >= 4 is 10.8 Å². The Morgan fingerprint density at radius 2 is 1.87 bits per heavy atom. The first-order valence-electron chi connectivity index (χ1n) is 5.50. The number of rotatable bonds is 3. The van der Waals surface area contributed by atoms with Crippen molar-refractivity contribution in [1.29, 1.82) is 0 Å². The van der Waals surface area contributed by atoms with Crippen molar-refractivity contribution in [3.8, 4) is 0 Å². The van der Waals surface area contributed by atoms with Crippen LogP contribution in [0.2, 0.25) is 0 Å². The number of benzene rings is 1. The minimum Gasteiger partial charge on any atom is -0.317 e. The lowest BCUT2D eigenvalue weighted by Gasteiger charge is -2.21. The predicted octanol–water partition coefficient (Wildman–Crippen LogP) is 1.79. The molecule has 1 unspecified atom stereocenters. The van der Waals surface area contributed by atoms with Gasteiger partial charge in [-0.1, -0.05) is 18.2 Å². The molecule has 0 amide bonds. The number of hydrogen-bond acceptors (Lipinski definition) is 2. The van der Waals surface area contributed by atoms with Gasteiger partial charge in [0.05, 0.1) is 10.8 Å². The van der Waals surface area contributed by atoms with Gasteiger partial charge in [-0.05, 0) is 44.0 Å². The molecule has 1 aromatic rings. The van der Waals surface area contributed by atoms with Crippen LogP contribution in [-0.4, -0.2) is 23.1 Å². The summed E-state index contributed by atoms with van der Waals surface area (Å²) in [5.41, 5.74) is 0. The maximum absolute atomic E-state index is 12.0. The molecule has 3 heteroatoms. The van der Waals surface area contributed by atoms with E-state index in [1.165, 1.54) is 12.8 Å². The summed E-state index contributed by atoms with van der Waals surface area (Å²) in [5, 5.41) is 3.33. The van der Waals surface area contributed by atoms with Gasteiger partial charge in [0.1, 0.15) is 0 Å². The summed E-state index contributed by atoms with van der Waals surface area (Å²) < 4.78 is 12.0. The molecule has 2 nitrogen and oxygen atoms in total. The summed E-state index contributed by atoms with van der Waals surface area (Å²) >= 11 is 0. The zero-order chi connectivity index (χ0) is 10.5. The van der Waals surface area contributed by atoms with Gasteiger partial charge in [0.25, 0.3) is 0 Å². The van der Waals surface area contributed by atoms with Crippen molar-refractivity contribution in [2.45, 2.75) is 17.7 Å². The number of piperidine rings is 1. The first kappa shape index (κ1) is 10.8. The molecule has 1 saturated heterocycles. The van der Waals surface area contributed by atoms with Crippen molar-refractivity contribution in [1.82, 2.24) is 5.32 Å². The van der Waals surface area contributed by atoms with E-state index in [1.807, 2.05) is 30.3 Å². The van der Waals surface area contributed by atoms with Crippen LogP contribution in [0.1, 0.15) is 12.8 Å². The van der Waals surface area contributed by atoms with Crippen LogP contribution in [0.25, 0.3) is 0 Å². The average molecular weight is 223 g/mol. The normalized spacial score (nSPS) is 20.0. The molecular formula is C12H17NOS.